The molecule has 26 heavy (non-hydrogen) atoms. The Hall–Kier alpha value is -2.86. The van der Waals surface area contributed by atoms with Crippen molar-refractivity contribution in [3.8, 4) is 17.0 Å². The Morgan fingerprint density at radius 2 is 1.92 bits per heavy atom. The number of benzene rings is 2. The smallest absolute Gasteiger partial charge is 0.134 e. The van der Waals surface area contributed by atoms with E-state index in [0.717, 1.165) is 53.8 Å². The summed E-state index contributed by atoms with van der Waals surface area (Å²) in [5.74, 6) is 2.61. The third kappa shape index (κ3) is 3.28. The van der Waals surface area contributed by atoms with Gasteiger partial charge in [0, 0.05) is 25.2 Å². The molecule has 2 N–H and O–H groups in total. The van der Waals surface area contributed by atoms with E-state index in [0.29, 0.717) is 6.54 Å². The maximum absolute atomic E-state index is 13.1. The number of nitrogens with zero attached hydrogens (tertiary/aromatic N) is 2. The van der Waals surface area contributed by atoms with E-state index in [9.17, 15) is 4.39 Å². The maximum atomic E-state index is 13.1. The highest BCUT2D eigenvalue weighted by atomic mass is 19.1. The molecule has 0 saturated carbocycles. The Labute approximate surface area is 151 Å². The van der Waals surface area contributed by atoms with Crippen molar-refractivity contribution >= 4 is 5.82 Å². The molecule has 3 aromatic rings. The zero-order valence-corrected chi connectivity index (χ0v) is 14.6. The van der Waals surface area contributed by atoms with Gasteiger partial charge in [-0.1, -0.05) is 12.1 Å². The lowest BCUT2D eigenvalue weighted by molar-refractivity contribution is 0.415. The Bertz CT molecular complexity index is 887. The summed E-state index contributed by atoms with van der Waals surface area (Å²) in [6.07, 6.45) is 0. The van der Waals surface area contributed by atoms with Crippen LogP contribution in [0.5, 0.6) is 5.75 Å². The first-order chi connectivity index (χ1) is 12.7. The summed E-state index contributed by atoms with van der Waals surface area (Å²) in [5.41, 5.74) is 2.99. The number of halogens is 1. The van der Waals surface area contributed by atoms with Crippen molar-refractivity contribution in [3.05, 3.63) is 65.7 Å². The van der Waals surface area contributed by atoms with E-state index < -0.39 is 0 Å². The largest absolute Gasteiger partial charge is 0.497 e. The number of rotatable bonds is 5. The fraction of sp³-hybridized carbons (Fsp3) is 0.250. The summed E-state index contributed by atoms with van der Waals surface area (Å²) >= 11 is 0. The molecule has 134 valence electrons. The summed E-state index contributed by atoms with van der Waals surface area (Å²) in [4.78, 5) is 4.84. The molecule has 5 nitrogen and oxygen atoms in total. The zero-order chi connectivity index (χ0) is 17.9. The number of anilines is 1. The Morgan fingerprint density at radius 1 is 1.15 bits per heavy atom. The van der Waals surface area contributed by atoms with E-state index in [2.05, 4.69) is 15.2 Å². The van der Waals surface area contributed by atoms with Crippen molar-refractivity contribution in [1.82, 2.24) is 14.9 Å². The van der Waals surface area contributed by atoms with Gasteiger partial charge in [0.2, 0.25) is 0 Å². The molecule has 6 heteroatoms. The summed E-state index contributed by atoms with van der Waals surface area (Å²) in [5, 5.41) is 6.86. The van der Waals surface area contributed by atoms with Gasteiger partial charge in [0.1, 0.15) is 28.9 Å². The van der Waals surface area contributed by atoms with Crippen molar-refractivity contribution in [2.45, 2.75) is 19.6 Å². The van der Waals surface area contributed by atoms with Gasteiger partial charge in [0.15, 0.2) is 0 Å². The highest BCUT2D eigenvalue weighted by molar-refractivity contribution is 5.73. The highest BCUT2D eigenvalue weighted by Crippen LogP contribution is 2.31. The topological polar surface area (TPSA) is 51.1 Å². The van der Waals surface area contributed by atoms with Crippen LogP contribution in [0.25, 0.3) is 11.3 Å². The molecule has 4 rings (SSSR count). The normalized spacial score (nSPS) is 13.3. The number of hydrogen-bond donors (Lipinski definition) is 2. The van der Waals surface area contributed by atoms with Crippen LogP contribution in [0.15, 0.2) is 48.5 Å². The Morgan fingerprint density at radius 3 is 2.65 bits per heavy atom. The van der Waals surface area contributed by atoms with Gasteiger partial charge in [-0.25, -0.2) is 9.37 Å². The number of aromatic nitrogens is 2. The predicted molar refractivity (Wildman–Crippen MR) is 99.6 cm³/mol. The number of fused-ring (bicyclic) bond motifs is 1. The van der Waals surface area contributed by atoms with E-state index in [1.54, 1.807) is 19.2 Å². The van der Waals surface area contributed by atoms with Gasteiger partial charge in [-0.3, -0.25) is 0 Å². The van der Waals surface area contributed by atoms with Gasteiger partial charge in [0.25, 0.3) is 0 Å². The minimum Gasteiger partial charge on any atom is -0.497 e. The molecule has 1 aliphatic heterocycles. The van der Waals surface area contributed by atoms with E-state index in [-0.39, 0.29) is 5.82 Å². The van der Waals surface area contributed by atoms with Crippen molar-refractivity contribution in [2.24, 2.45) is 0 Å². The lowest BCUT2D eigenvalue weighted by Gasteiger charge is -2.18. The van der Waals surface area contributed by atoms with Crippen LogP contribution < -0.4 is 15.4 Å². The van der Waals surface area contributed by atoms with Crippen LogP contribution in [-0.2, 0) is 19.6 Å². The molecule has 0 bridgehead atoms. The molecule has 0 fully saturated rings. The second-order valence-corrected chi connectivity index (χ2v) is 6.26. The van der Waals surface area contributed by atoms with Gasteiger partial charge in [-0.15, -0.1) is 0 Å². The van der Waals surface area contributed by atoms with Crippen LogP contribution in [-0.4, -0.2) is 23.2 Å². The molecule has 1 aromatic heterocycles. The number of hydrogen-bond acceptors (Lipinski definition) is 4. The Balaban J connectivity index is 1.66. The van der Waals surface area contributed by atoms with E-state index >= 15 is 0 Å². The first-order valence-corrected chi connectivity index (χ1v) is 8.67. The van der Waals surface area contributed by atoms with Gasteiger partial charge >= 0.3 is 0 Å². The van der Waals surface area contributed by atoms with Crippen LogP contribution in [0.2, 0.25) is 0 Å². The monoisotopic (exact) mass is 352 g/mol. The molecule has 0 amide bonds. The number of nitrogens with one attached hydrogen (secondary N) is 2. The van der Waals surface area contributed by atoms with Crippen LogP contribution in [0, 0.1) is 5.82 Å². The molecule has 1 aliphatic rings. The minimum absolute atomic E-state index is 0.222. The van der Waals surface area contributed by atoms with Gasteiger partial charge in [0.05, 0.1) is 13.7 Å². The Kier molecular flexibility index (Phi) is 4.58. The molecular weight excluding hydrogens is 331 g/mol. The van der Waals surface area contributed by atoms with E-state index in [1.807, 2.05) is 24.3 Å². The van der Waals surface area contributed by atoms with Crippen LogP contribution in [0.1, 0.15) is 11.4 Å². The van der Waals surface area contributed by atoms with Gasteiger partial charge in [-0.2, -0.15) is 0 Å². The molecule has 0 radical (unpaired) electrons. The first kappa shape index (κ1) is 16.6. The summed E-state index contributed by atoms with van der Waals surface area (Å²) < 4.78 is 20.6. The highest BCUT2D eigenvalue weighted by Gasteiger charge is 2.20. The average Bonchev–Trinajstić information content (AvgIpc) is 3.06. The standard InChI is InChI=1S/C20H21FN4O/c1-26-17-8-4-15(5-9-17)19-20(25-11-10-22-13-18(25)24-19)23-12-14-2-6-16(21)7-3-14/h2-9,22-23H,10-13H2,1H3. The summed E-state index contributed by atoms with van der Waals surface area (Å²) in [6, 6.07) is 14.5. The van der Waals surface area contributed by atoms with Crippen LogP contribution >= 0.6 is 0 Å². The molecule has 0 spiro atoms. The average molecular weight is 352 g/mol. The van der Waals surface area contributed by atoms with Crippen molar-refractivity contribution in [3.63, 3.8) is 0 Å². The van der Waals surface area contributed by atoms with Crippen molar-refractivity contribution in [2.75, 3.05) is 19.0 Å². The maximum Gasteiger partial charge on any atom is 0.134 e. The second-order valence-electron chi connectivity index (χ2n) is 6.26. The molecule has 2 heterocycles. The van der Waals surface area contributed by atoms with E-state index in [1.165, 1.54) is 12.1 Å². The fourth-order valence-corrected chi connectivity index (χ4v) is 3.18. The predicted octanol–water partition coefficient (Wildman–Crippen LogP) is 3.41. The quantitative estimate of drug-likeness (QED) is 0.739. The van der Waals surface area contributed by atoms with Crippen molar-refractivity contribution in [1.29, 1.82) is 0 Å². The molecule has 0 unspecified atom stereocenters. The lowest BCUT2D eigenvalue weighted by Crippen LogP contribution is -2.28. The summed E-state index contributed by atoms with van der Waals surface area (Å²) in [6.45, 7) is 3.14. The van der Waals surface area contributed by atoms with Gasteiger partial charge < -0.3 is 19.9 Å². The second kappa shape index (κ2) is 7.17. The first-order valence-electron chi connectivity index (χ1n) is 8.67. The van der Waals surface area contributed by atoms with E-state index in [4.69, 9.17) is 9.72 Å². The third-order valence-corrected chi connectivity index (χ3v) is 4.58. The van der Waals surface area contributed by atoms with Crippen molar-refractivity contribution < 1.29 is 9.13 Å². The number of methoxy groups -OCH3 is 1. The molecular formula is C20H21FN4O. The SMILES string of the molecule is COc1ccc(-c2nc3n(c2NCc2ccc(F)cc2)CCNC3)cc1. The minimum atomic E-state index is -0.222. The number of imidazole rings is 1. The zero-order valence-electron chi connectivity index (χ0n) is 14.6. The van der Waals surface area contributed by atoms with Crippen LogP contribution in [0.3, 0.4) is 0 Å². The molecule has 0 saturated heterocycles. The van der Waals surface area contributed by atoms with Gasteiger partial charge in [-0.05, 0) is 42.0 Å². The number of ether oxygens (including phenoxy) is 1. The fourth-order valence-electron chi connectivity index (χ4n) is 3.18. The molecule has 0 aliphatic carbocycles. The third-order valence-electron chi connectivity index (χ3n) is 4.58. The summed E-state index contributed by atoms with van der Waals surface area (Å²) in [7, 11) is 1.66. The molecule has 0 atom stereocenters. The molecule has 2 aromatic carbocycles. The lowest BCUT2D eigenvalue weighted by atomic mass is 10.1. The van der Waals surface area contributed by atoms with Crippen LogP contribution in [0.4, 0.5) is 10.2 Å².